The van der Waals surface area contributed by atoms with Crippen LogP contribution in [0, 0.1) is 17.8 Å². The number of aromatic nitrogens is 1. The molecule has 0 saturated heterocycles. The molecule has 0 radical (unpaired) electrons. The highest BCUT2D eigenvalue weighted by molar-refractivity contribution is 6.29. The minimum absolute atomic E-state index is 0.0119. The van der Waals surface area contributed by atoms with Crippen molar-refractivity contribution in [3.63, 3.8) is 0 Å². The highest BCUT2D eigenvalue weighted by atomic mass is 35.5. The van der Waals surface area contributed by atoms with Crippen LogP contribution in [0.2, 0.25) is 5.15 Å². The molecular weight excluding hydrogens is 307 g/mol. The molecule has 1 atom stereocenters. The van der Waals surface area contributed by atoms with Gasteiger partial charge in [0.1, 0.15) is 11.0 Å². The van der Waals surface area contributed by atoms with E-state index in [1.165, 1.54) is 12.1 Å². The standard InChI is InChI=1S/C13H9ClF3N3O/c14-9-4-3-8-10(18-9)19-11(21)20-12(8,13(15,16)17)6-5-7-1-2-7/h3-4,7H,1-2H2,(H2,18,19,20,21). The van der Waals surface area contributed by atoms with E-state index < -0.39 is 17.7 Å². The molecule has 2 aliphatic rings. The van der Waals surface area contributed by atoms with Crippen LogP contribution >= 0.6 is 11.6 Å². The third-order valence-corrected chi connectivity index (χ3v) is 3.48. The van der Waals surface area contributed by atoms with Crippen molar-refractivity contribution in [2.75, 3.05) is 5.32 Å². The van der Waals surface area contributed by atoms with Gasteiger partial charge in [0.25, 0.3) is 0 Å². The number of pyridine rings is 1. The predicted molar refractivity (Wildman–Crippen MR) is 69.6 cm³/mol. The Hall–Kier alpha value is -1.94. The van der Waals surface area contributed by atoms with Crippen molar-refractivity contribution in [1.82, 2.24) is 10.3 Å². The number of fused-ring (bicyclic) bond motifs is 1. The normalized spacial score (nSPS) is 24.3. The molecular formula is C13H9ClF3N3O. The van der Waals surface area contributed by atoms with Gasteiger partial charge in [0.15, 0.2) is 0 Å². The Labute approximate surface area is 123 Å². The zero-order valence-corrected chi connectivity index (χ0v) is 11.3. The van der Waals surface area contributed by atoms with Crippen LogP contribution in [0.5, 0.6) is 0 Å². The van der Waals surface area contributed by atoms with Gasteiger partial charge >= 0.3 is 12.2 Å². The second-order valence-corrected chi connectivity index (χ2v) is 5.29. The van der Waals surface area contributed by atoms with Crippen LogP contribution in [-0.2, 0) is 5.54 Å². The fourth-order valence-electron chi connectivity index (χ4n) is 2.04. The number of halogens is 4. The number of rotatable bonds is 0. The van der Waals surface area contributed by atoms with Gasteiger partial charge in [-0.15, -0.1) is 0 Å². The number of amides is 2. The zero-order chi connectivity index (χ0) is 15.3. The van der Waals surface area contributed by atoms with E-state index in [1.807, 2.05) is 5.32 Å². The molecule has 0 bridgehead atoms. The second kappa shape index (κ2) is 4.53. The summed E-state index contributed by atoms with van der Waals surface area (Å²) >= 11 is 5.67. The van der Waals surface area contributed by atoms with Crippen LogP contribution < -0.4 is 10.6 Å². The molecule has 1 aliphatic heterocycles. The van der Waals surface area contributed by atoms with Crippen molar-refractivity contribution in [3.05, 3.63) is 22.8 Å². The fraction of sp³-hybridized carbons (Fsp3) is 0.385. The van der Waals surface area contributed by atoms with Crippen molar-refractivity contribution in [1.29, 1.82) is 0 Å². The van der Waals surface area contributed by atoms with Gasteiger partial charge < -0.3 is 5.32 Å². The maximum atomic E-state index is 13.6. The summed E-state index contributed by atoms with van der Waals surface area (Å²) in [4.78, 5) is 15.3. The first kappa shape index (κ1) is 14.0. The highest BCUT2D eigenvalue weighted by Gasteiger charge is 2.59. The van der Waals surface area contributed by atoms with Crippen LogP contribution in [0.15, 0.2) is 12.1 Å². The highest BCUT2D eigenvalue weighted by Crippen LogP contribution is 2.44. The summed E-state index contributed by atoms with van der Waals surface area (Å²) in [5.41, 5.74) is -3.02. The quantitative estimate of drug-likeness (QED) is 0.571. The lowest BCUT2D eigenvalue weighted by atomic mass is 9.88. The molecule has 0 aromatic carbocycles. The van der Waals surface area contributed by atoms with Crippen molar-refractivity contribution in [2.45, 2.75) is 24.6 Å². The Bertz CT molecular complexity index is 675. The van der Waals surface area contributed by atoms with Crippen LogP contribution in [0.1, 0.15) is 18.4 Å². The van der Waals surface area contributed by atoms with Gasteiger partial charge in [-0.1, -0.05) is 23.4 Å². The van der Waals surface area contributed by atoms with E-state index in [4.69, 9.17) is 11.6 Å². The smallest absolute Gasteiger partial charge is 0.310 e. The Balaban J connectivity index is 2.20. The summed E-state index contributed by atoms with van der Waals surface area (Å²) in [6.45, 7) is 0. The number of nitrogens with zero attached hydrogens (tertiary/aromatic N) is 1. The molecule has 2 heterocycles. The summed E-state index contributed by atoms with van der Waals surface area (Å²) in [5, 5.41) is 4.10. The summed E-state index contributed by atoms with van der Waals surface area (Å²) in [5.74, 6) is 4.52. The van der Waals surface area contributed by atoms with E-state index in [-0.39, 0.29) is 22.5 Å². The Morgan fingerprint density at radius 2 is 2.10 bits per heavy atom. The molecule has 1 unspecified atom stereocenters. The molecule has 4 nitrogen and oxygen atoms in total. The van der Waals surface area contributed by atoms with Gasteiger partial charge in [-0.2, -0.15) is 13.2 Å². The topological polar surface area (TPSA) is 54.0 Å². The number of urea groups is 1. The molecule has 1 aliphatic carbocycles. The molecule has 2 N–H and O–H groups in total. The van der Waals surface area contributed by atoms with Crippen LogP contribution in [0.25, 0.3) is 0 Å². The SMILES string of the molecule is O=C1Nc2nc(Cl)ccc2C(C#CC2CC2)(C(F)(F)F)N1. The minimum Gasteiger partial charge on any atom is -0.310 e. The number of alkyl halides is 3. The van der Waals surface area contributed by atoms with E-state index in [0.717, 1.165) is 12.8 Å². The zero-order valence-electron chi connectivity index (χ0n) is 10.5. The first-order chi connectivity index (χ1) is 9.82. The van der Waals surface area contributed by atoms with Gasteiger partial charge in [0.2, 0.25) is 5.54 Å². The number of hydrogen-bond acceptors (Lipinski definition) is 2. The van der Waals surface area contributed by atoms with E-state index in [1.54, 1.807) is 0 Å². The third-order valence-electron chi connectivity index (χ3n) is 3.26. The van der Waals surface area contributed by atoms with Crippen LogP contribution in [-0.4, -0.2) is 17.2 Å². The maximum Gasteiger partial charge on any atom is 0.427 e. The number of nitrogens with one attached hydrogen (secondary N) is 2. The minimum atomic E-state index is -4.78. The predicted octanol–water partition coefficient (Wildman–Crippen LogP) is 3.04. The monoisotopic (exact) mass is 315 g/mol. The van der Waals surface area contributed by atoms with Crippen LogP contribution in [0.4, 0.5) is 23.8 Å². The van der Waals surface area contributed by atoms with Crippen molar-refractivity contribution in [3.8, 4) is 11.8 Å². The lowest BCUT2D eigenvalue weighted by Gasteiger charge is -2.36. The number of carbonyl (C=O) groups is 1. The lowest BCUT2D eigenvalue weighted by Crippen LogP contribution is -2.59. The first-order valence-electron chi connectivity index (χ1n) is 6.17. The Morgan fingerprint density at radius 1 is 1.38 bits per heavy atom. The van der Waals surface area contributed by atoms with Crippen molar-refractivity contribution < 1.29 is 18.0 Å². The van der Waals surface area contributed by atoms with Gasteiger partial charge in [0, 0.05) is 11.5 Å². The molecule has 1 aromatic rings. The lowest BCUT2D eigenvalue weighted by molar-refractivity contribution is -0.178. The van der Waals surface area contributed by atoms with Gasteiger partial charge in [0.05, 0.1) is 0 Å². The molecule has 1 aromatic heterocycles. The van der Waals surface area contributed by atoms with Gasteiger partial charge in [-0.3, -0.25) is 5.32 Å². The molecule has 2 amide bonds. The van der Waals surface area contributed by atoms with E-state index in [2.05, 4.69) is 22.1 Å². The molecule has 8 heteroatoms. The Morgan fingerprint density at radius 3 is 2.71 bits per heavy atom. The van der Waals surface area contributed by atoms with Crippen LogP contribution in [0.3, 0.4) is 0 Å². The van der Waals surface area contributed by atoms with Gasteiger partial charge in [-0.05, 0) is 25.0 Å². The number of carbonyl (C=O) groups excluding carboxylic acids is 1. The molecule has 3 rings (SSSR count). The first-order valence-corrected chi connectivity index (χ1v) is 6.55. The fourth-order valence-corrected chi connectivity index (χ4v) is 2.19. The summed E-state index contributed by atoms with van der Waals surface area (Å²) in [6.07, 6.45) is -3.23. The van der Waals surface area contributed by atoms with E-state index >= 15 is 0 Å². The van der Waals surface area contributed by atoms with E-state index in [0.29, 0.717) is 0 Å². The largest absolute Gasteiger partial charge is 0.427 e. The number of hydrogen-bond donors (Lipinski definition) is 2. The molecule has 110 valence electrons. The average molecular weight is 316 g/mol. The second-order valence-electron chi connectivity index (χ2n) is 4.90. The third kappa shape index (κ3) is 2.40. The summed E-state index contributed by atoms with van der Waals surface area (Å²) in [6, 6.07) is 1.39. The summed E-state index contributed by atoms with van der Waals surface area (Å²) in [7, 11) is 0. The maximum absolute atomic E-state index is 13.6. The summed E-state index contributed by atoms with van der Waals surface area (Å²) < 4.78 is 40.8. The van der Waals surface area contributed by atoms with Crippen molar-refractivity contribution >= 4 is 23.4 Å². The average Bonchev–Trinajstić information content (AvgIpc) is 3.17. The number of anilines is 1. The Kier molecular flexibility index (Phi) is 3.02. The molecule has 21 heavy (non-hydrogen) atoms. The van der Waals surface area contributed by atoms with Gasteiger partial charge in [-0.25, -0.2) is 9.78 Å². The van der Waals surface area contributed by atoms with E-state index in [9.17, 15) is 18.0 Å². The van der Waals surface area contributed by atoms with Crippen molar-refractivity contribution in [2.24, 2.45) is 5.92 Å². The molecule has 1 saturated carbocycles. The molecule has 1 fully saturated rings. The molecule has 0 spiro atoms.